The highest BCUT2D eigenvalue weighted by Crippen LogP contribution is 2.35. The van der Waals surface area contributed by atoms with Crippen LogP contribution in [0.5, 0.6) is 0 Å². The van der Waals surface area contributed by atoms with Gasteiger partial charge in [0, 0.05) is 24.9 Å². The Bertz CT molecular complexity index is 496. The Kier molecular flexibility index (Phi) is 4.34. The van der Waals surface area contributed by atoms with E-state index in [9.17, 15) is 9.90 Å². The van der Waals surface area contributed by atoms with Crippen LogP contribution < -0.4 is 0 Å². The van der Waals surface area contributed by atoms with E-state index in [0.717, 1.165) is 50.8 Å². The van der Waals surface area contributed by atoms with E-state index < -0.39 is 0 Å². The van der Waals surface area contributed by atoms with Crippen molar-refractivity contribution in [3.05, 3.63) is 23.7 Å². The summed E-state index contributed by atoms with van der Waals surface area (Å²) in [6.45, 7) is 2.81. The third kappa shape index (κ3) is 2.73. The van der Waals surface area contributed by atoms with E-state index in [1.165, 1.54) is 6.42 Å². The zero-order valence-corrected chi connectivity index (χ0v) is 12.8. The molecule has 3 atom stereocenters. The molecule has 2 aliphatic rings. The number of amides is 1. The van der Waals surface area contributed by atoms with Crippen molar-refractivity contribution in [3.63, 3.8) is 0 Å². The highest BCUT2D eigenvalue weighted by atomic mass is 16.3. The Hall–Kier alpha value is -1.29. The molecule has 1 amide bonds. The molecule has 1 saturated heterocycles. The van der Waals surface area contributed by atoms with Crippen LogP contribution in [0.15, 0.2) is 16.7 Å². The fourth-order valence-electron chi connectivity index (χ4n) is 4.04. The Balaban J connectivity index is 1.78. The monoisotopic (exact) mass is 291 g/mol. The molecule has 3 rings (SSSR count). The lowest BCUT2D eigenvalue weighted by Crippen LogP contribution is -2.45. The van der Waals surface area contributed by atoms with Gasteiger partial charge < -0.3 is 14.4 Å². The first-order chi connectivity index (χ1) is 10.2. The number of carbonyl (C=O) groups excluding carboxylic acids is 1. The largest absolute Gasteiger partial charge is 0.469 e. The number of nitrogens with zero attached hydrogens (tertiary/aromatic N) is 1. The van der Waals surface area contributed by atoms with Crippen molar-refractivity contribution in [3.8, 4) is 0 Å². The predicted molar refractivity (Wildman–Crippen MR) is 80.1 cm³/mol. The number of hydrogen-bond acceptors (Lipinski definition) is 3. The van der Waals surface area contributed by atoms with Gasteiger partial charge >= 0.3 is 0 Å². The Morgan fingerprint density at radius 3 is 2.90 bits per heavy atom. The molecule has 116 valence electrons. The molecule has 2 fully saturated rings. The van der Waals surface area contributed by atoms with Crippen LogP contribution in [0.3, 0.4) is 0 Å². The van der Waals surface area contributed by atoms with Crippen LogP contribution in [-0.2, 0) is 6.42 Å². The van der Waals surface area contributed by atoms with E-state index in [-0.39, 0.29) is 24.0 Å². The van der Waals surface area contributed by atoms with Gasteiger partial charge in [0.05, 0.1) is 17.9 Å². The van der Waals surface area contributed by atoms with E-state index in [1.807, 2.05) is 11.8 Å². The van der Waals surface area contributed by atoms with E-state index in [2.05, 4.69) is 0 Å². The van der Waals surface area contributed by atoms with Crippen molar-refractivity contribution in [2.45, 2.75) is 64.0 Å². The van der Waals surface area contributed by atoms with Gasteiger partial charge in [-0.3, -0.25) is 4.79 Å². The normalized spacial score (nSPS) is 29.8. The number of carbonyl (C=O) groups is 1. The average Bonchev–Trinajstić information content (AvgIpc) is 3.16. The van der Waals surface area contributed by atoms with Gasteiger partial charge in [-0.15, -0.1) is 0 Å². The fourth-order valence-corrected chi connectivity index (χ4v) is 4.04. The van der Waals surface area contributed by atoms with Crippen molar-refractivity contribution in [1.82, 2.24) is 4.90 Å². The van der Waals surface area contributed by atoms with Crippen LogP contribution in [0.25, 0.3) is 0 Å². The second-order valence-electron chi connectivity index (χ2n) is 6.33. The summed E-state index contributed by atoms with van der Waals surface area (Å²) in [5.74, 6) is 1.11. The summed E-state index contributed by atoms with van der Waals surface area (Å²) >= 11 is 0. The fraction of sp³-hybridized carbons (Fsp3) is 0.706. The molecule has 4 heteroatoms. The number of rotatable bonds is 3. The first-order valence-electron chi connectivity index (χ1n) is 8.27. The number of aryl methyl sites for hydroxylation is 1. The molecule has 0 bridgehead atoms. The van der Waals surface area contributed by atoms with Gasteiger partial charge in [0.1, 0.15) is 5.76 Å². The molecule has 1 saturated carbocycles. The minimum absolute atomic E-state index is 0.0841. The van der Waals surface area contributed by atoms with Crippen LogP contribution >= 0.6 is 0 Å². The highest BCUT2D eigenvalue weighted by molar-refractivity contribution is 5.95. The van der Waals surface area contributed by atoms with Crippen LogP contribution in [0, 0.1) is 5.92 Å². The summed E-state index contributed by atoms with van der Waals surface area (Å²) in [4.78, 5) is 14.8. The molecule has 21 heavy (non-hydrogen) atoms. The van der Waals surface area contributed by atoms with Crippen LogP contribution in [0.1, 0.15) is 61.6 Å². The lowest BCUT2D eigenvalue weighted by atomic mass is 9.80. The van der Waals surface area contributed by atoms with E-state index in [0.29, 0.717) is 5.56 Å². The summed E-state index contributed by atoms with van der Waals surface area (Å²) in [6.07, 6.45) is 8.37. The van der Waals surface area contributed by atoms with Gasteiger partial charge in [0.15, 0.2) is 0 Å². The van der Waals surface area contributed by atoms with Crippen molar-refractivity contribution in [2.75, 3.05) is 6.54 Å². The van der Waals surface area contributed by atoms with Gasteiger partial charge in [-0.1, -0.05) is 19.8 Å². The SMILES string of the molecule is CCc1occc1C(=O)N1CCC[C@@H]1[C@@H]1CCCC[C@H]1O. The van der Waals surface area contributed by atoms with Gasteiger partial charge in [0.25, 0.3) is 5.91 Å². The minimum Gasteiger partial charge on any atom is -0.469 e. The van der Waals surface area contributed by atoms with Gasteiger partial charge in [-0.25, -0.2) is 0 Å². The molecule has 1 aromatic heterocycles. The molecule has 0 spiro atoms. The molecular formula is C17H25NO3. The van der Waals surface area contributed by atoms with Crippen molar-refractivity contribution >= 4 is 5.91 Å². The second kappa shape index (κ2) is 6.22. The molecule has 1 aromatic rings. The first-order valence-corrected chi connectivity index (χ1v) is 8.27. The number of furan rings is 1. The Morgan fingerprint density at radius 2 is 2.14 bits per heavy atom. The summed E-state index contributed by atoms with van der Waals surface area (Å²) in [7, 11) is 0. The maximum Gasteiger partial charge on any atom is 0.257 e. The summed E-state index contributed by atoms with van der Waals surface area (Å²) in [5, 5.41) is 10.3. The van der Waals surface area contributed by atoms with Gasteiger partial charge in [-0.2, -0.15) is 0 Å². The van der Waals surface area contributed by atoms with Crippen molar-refractivity contribution < 1.29 is 14.3 Å². The van der Waals surface area contributed by atoms with Crippen molar-refractivity contribution in [1.29, 1.82) is 0 Å². The summed E-state index contributed by atoms with van der Waals surface area (Å²) in [5.41, 5.74) is 0.703. The molecule has 1 aliphatic heterocycles. The maximum absolute atomic E-state index is 12.8. The molecule has 1 N–H and O–H groups in total. The molecule has 1 aliphatic carbocycles. The van der Waals surface area contributed by atoms with Crippen LogP contribution in [-0.4, -0.2) is 34.6 Å². The van der Waals surface area contributed by atoms with Crippen molar-refractivity contribution in [2.24, 2.45) is 5.92 Å². The number of aliphatic hydroxyl groups excluding tert-OH is 1. The molecule has 2 heterocycles. The predicted octanol–water partition coefficient (Wildman–Crippen LogP) is 3.00. The average molecular weight is 291 g/mol. The molecule has 0 unspecified atom stereocenters. The van der Waals surface area contributed by atoms with E-state index in [1.54, 1.807) is 12.3 Å². The minimum atomic E-state index is -0.243. The zero-order valence-electron chi connectivity index (χ0n) is 12.8. The second-order valence-corrected chi connectivity index (χ2v) is 6.33. The smallest absolute Gasteiger partial charge is 0.257 e. The van der Waals surface area contributed by atoms with Crippen LogP contribution in [0.4, 0.5) is 0 Å². The number of aliphatic hydroxyl groups is 1. The number of likely N-dealkylation sites (tertiary alicyclic amines) is 1. The topological polar surface area (TPSA) is 53.7 Å². The third-order valence-electron chi connectivity index (χ3n) is 5.13. The quantitative estimate of drug-likeness (QED) is 0.931. The molecule has 0 radical (unpaired) electrons. The maximum atomic E-state index is 12.8. The Labute approximate surface area is 126 Å². The number of hydrogen-bond donors (Lipinski definition) is 1. The summed E-state index contributed by atoms with van der Waals surface area (Å²) < 4.78 is 5.40. The van der Waals surface area contributed by atoms with Crippen LogP contribution in [0.2, 0.25) is 0 Å². The Morgan fingerprint density at radius 1 is 1.33 bits per heavy atom. The zero-order chi connectivity index (χ0) is 14.8. The highest BCUT2D eigenvalue weighted by Gasteiger charge is 2.39. The lowest BCUT2D eigenvalue weighted by Gasteiger charge is -2.37. The van der Waals surface area contributed by atoms with E-state index >= 15 is 0 Å². The molecule has 4 nitrogen and oxygen atoms in total. The lowest BCUT2D eigenvalue weighted by molar-refractivity contribution is 0.0211. The van der Waals surface area contributed by atoms with Gasteiger partial charge in [0.2, 0.25) is 0 Å². The van der Waals surface area contributed by atoms with Gasteiger partial charge in [-0.05, 0) is 31.7 Å². The molecule has 0 aromatic carbocycles. The summed E-state index contributed by atoms with van der Waals surface area (Å²) in [6, 6.07) is 1.99. The standard InChI is InChI=1S/C17H25NO3/c1-2-16-13(9-11-21-16)17(20)18-10-5-7-14(18)12-6-3-4-8-15(12)19/h9,11-12,14-15,19H,2-8,10H2,1H3/t12-,14+,15+/m0/s1. The third-order valence-corrected chi connectivity index (χ3v) is 5.13. The van der Waals surface area contributed by atoms with E-state index in [4.69, 9.17) is 4.42 Å². The molecular weight excluding hydrogens is 266 g/mol. The first kappa shape index (κ1) is 14.6.